The summed E-state index contributed by atoms with van der Waals surface area (Å²) >= 11 is 0. The first-order chi connectivity index (χ1) is 12.1. The third-order valence-corrected chi connectivity index (χ3v) is 4.78. The predicted molar refractivity (Wildman–Crippen MR) is 95.7 cm³/mol. The lowest BCUT2D eigenvalue weighted by Crippen LogP contribution is -2.25. The van der Waals surface area contributed by atoms with Crippen LogP contribution in [0.15, 0.2) is 53.3 Å². The molecule has 1 aliphatic rings. The number of amides is 1. The molecule has 1 unspecified atom stereocenters. The van der Waals surface area contributed by atoms with E-state index in [1.165, 1.54) is 5.56 Å². The SMILES string of the molecule is CC(C)c1ccc(C2CC(=O)Nc3c2cnn3Cc2ccco2)cc1. The highest BCUT2D eigenvalue weighted by molar-refractivity contribution is 5.94. The number of nitrogens with one attached hydrogen (secondary N) is 1. The van der Waals surface area contributed by atoms with Crippen molar-refractivity contribution in [3.63, 3.8) is 0 Å². The molecule has 0 aliphatic carbocycles. The normalized spacial score (nSPS) is 16.8. The molecule has 1 atom stereocenters. The largest absolute Gasteiger partial charge is 0.467 e. The van der Waals surface area contributed by atoms with Gasteiger partial charge in [0.1, 0.15) is 18.1 Å². The molecule has 5 nitrogen and oxygen atoms in total. The molecule has 1 aliphatic heterocycles. The van der Waals surface area contributed by atoms with Gasteiger partial charge in [0.25, 0.3) is 0 Å². The standard InChI is InChI=1S/C20H21N3O2/c1-13(2)14-5-7-15(8-6-14)17-10-19(24)22-20-18(17)11-21-23(20)12-16-4-3-9-25-16/h3-9,11,13,17H,10,12H2,1-2H3,(H,22,24). The fourth-order valence-electron chi connectivity index (χ4n) is 3.35. The van der Waals surface area contributed by atoms with Gasteiger partial charge in [-0.05, 0) is 29.2 Å². The molecule has 4 rings (SSSR count). The summed E-state index contributed by atoms with van der Waals surface area (Å²) in [4.78, 5) is 12.3. The minimum Gasteiger partial charge on any atom is -0.467 e. The van der Waals surface area contributed by atoms with Crippen LogP contribution in [0, 0.1) is 0 Å². The van der Waals surface area contributed by atoms with Gasteiger partial charge >= 0.3 is 0 Å². The highest BCUT2D eigenvalue weighted by Crippen LogP contribution is 2.37. The Hall–Kier alpha value is -2.82. The van der Waals surface area contributed by atoms with Gasteiger partial charge in [0.05, 0.1) is 12.5 Å². The molecule has 5 heteroatoms. The lowest BCUT2D eigenvalue weighted by molar-refractivity contribution is -0.116. The average molecular weight is 335 g/mol. The Balaban J connectivity index is 1.68. The Morgan fingerprint density at radius 3 is 2.76 bits per heavy atom. The van der Waals surface area contributed by atoms with Crippen molar-refractivity contribution in [3.05, 3.63) is 71.3 Å². The molecule has 3 heterocycles. The van der Waals surface area contributed by atoms with Crippen molar-refractivity contribution in [1.29, 1.82) is 0 Å². The van der Waals surface area contributed by atoms with Gasteiger partial charge in [-0.25, -0.2) is 4.68 Å². The van der Waals surface area contributed by atoms with Gasteiger partial charge in [0.15, 0.2) is 0 Å². The quantitative estimate of drug-likeness (QED) is 0.780. The zero-order chi connectivity index (χ0) is 17.4. The summed E-state index contributed by atoms with van der Waals surface area (Å²) in [5.41, 5.74) is 3.51. The van der Waals surface area contributed by atoms with Gasteiger partial charge in [-0.15, -0.1) is 0 Å². The van der Waals surface area contributed by atoms with Crippen molar-refractivity contribution in [2.45, 2.75) is 38.6 Å². The zero-order valence-electron chi connectivity index (χ0n) is 14.4. The summed E-state index contributed by atoms with van der Waals surface area (Å²) in [5.74, 6) is 2.13. The van der Waals surface area contributed by atoms with Crippen molar-refractivity contribution in [2.75, 3.05) is 5.32 Å². The number of hydrogen-bond donors (Lipinski definition) is 1. The molecule has 1 amide bonds. The van der Waals surface area contributed by atoms with Crippen LogP contribution in [0.2, 0.25) is 0 Å². The van der Waals surface area contributed by atoms with E-state index < -0.39 is 0 Å². The van der Waals surface area contributed by atoms with Crippen LogP contribution in [-0.2, 0) is 11.3 Å². The second kappa shape index (κ2) is 6.24. The molecule has 0 saturated carbocycles. The van der Waals surface area contributed by atoms with E-state index in [1.54, 1.807) is 10.9 Å². The number of hydrogen-bond acceptors (Lipinski definition) is 3. The van der Waals surface area contributed by atoms with E-state index >= 15 is 0 Å². The van der Waals surface area contributed by atoms with Crippen LogP contribution in [0.3, 0.4) is 0 Å². The molecule has 25 heavy (non-hydrogen) atoms. The highest BCUT2D eigenvalue weighted by Gasteiger charge is 2.30. The molecule has 0 bridgehead atoms. The molecule has 0 fully saturated rings. The number of carbonyl (C=O) groups excluding carboxylic acids is 1. The van der Waals surface area contributed by atoms with Crippen LogP contribution < -0.4 is 5.32 Å². The Labute approximate surface area is 146 Å². The van der Waals surface area contributed by atoms with E-state index in [-0.39, 0.29) is 11.8 Å². The van der Waals surface area contributed by atoms with Crippen molar-refractivity contribution < 1.29 is 9.21 Å². The number of rotatable bonds is 4. The number of carbonyl (C=O) groups is 1. The summed E-state index contributed by atoms with van der Waals surface area (Å²) in [7, 11) is 0. The molecule has 3 aromatic rings. The maximum Gasteiger partial charge on any atom is 0.226 e. The van der Waals surface area contributed by atoms with Crippen LogP contribution in [0.5, 0.6) is 0 Å². The second-order valence-corrected chi connectivity index (χ2v) is 6.81. The topological polar surface area (TPSA) is 60.1 Å². The summed E-state index contributed by atoms with van der Waals surface area (Å²) in [6.45, 7) is 4.86. The fourth-order valence-corrected chi connectivity index (χ4v) is 3.35. The van der Waals surface area contributed by atoms with Crippen molar-refractivity contribution in [3.8, 4) is 0 Å². The molecule has 0 saturated heterocycles. The van der Waals surface area contributed by atoms with E-state index in [0.717, 1.165) is 22.7 Å². The first kappa shape index (κ1) is 15.7. The summed E-state index contributed by atoms with van der Waals surface area (Å²) in [5, 5.41) is 7.44. The first-order valence-corrected chi connectivity index (χ1v) is 8.59. The number of aromatic nitrogens is 2. The lowest BCUT2D eigenvalue weighted by Gasteiger charge is -2.24. The van der Waals surface area contributed by atoms with Crippen molar-refractivity contribution in [1.82, 2.24) is 9.78 Å². The average Bonchev–Trinajstić information content (AvgIpc) is 3.25. The second-order valence-electron chi connectivity index (χ2n) is 6.81. The van der Waals surface area contributed by atoms with E-state index in [9.17, 15) is 4.79 Å². The van der Waals surface area contributed by atoms with Gasteiger partial charge in [-0.1, -0.05) is 38.1 Å². The third-order valence-electron chi connectivity index (χ3n) is 4.78. The van der Waals surface area contributed by atoms with Gasteiger partial charge < -0.3 is 9.73 Å². The molecule has 1 N–H and O–H groups in total. The van der Waals surface area contributed by atoms with Crippen LogP contribution in [0.4, 0.5) is 5.82 Å². The summed E-state index contributed by atoms with van der Waals surface area (Å²) in [6, 6.07) is 12.3. The number of fused-ring (bicyclic) bond motifs is 1. The highest BCUT2D eigenvalue weighted by atomic mass is 16.3. The van der Waals surface area contributed by atoms with Crippen LogP contribution >= 0.6 is 0 Å². The zero-order valence-corrected chi connectivity index (χ0v) is 14.4. The predicted octanol–water partition coefficient (Wildman–Crippen LogP) is 4.12. The number of furan rings is 1. The van der Waals surface area contributed by atoms with Crippen LogP contribution in [0.1, 0.15) is 54.6 Å². The fraction of sp³-hybridized carbons (Fsp3) is 0.300. The Morgan fingerprint density at radius 2 is 2.08 bits per heavy atom. The minimum atomic E-state index is 0.0200. The monoisotopic (exact) mass is 335 g/mol. The smallest absolute Gasteiger partial charge is 0.226 e. The lowest BCUT2D eigenvalue weighted by atomic mass is 9.86. The first-order valence-electron chi connectivity index (χ1n) is 8.59. The third kappa shape index (κ3) is 2.97. The molecule has 128 valence electrons. The van der Waals surface area contributed by atoms with E-state index in [1.807, 2.05) is 18.3 Å². The number of anilines is 1. The molecule has 0 radical (unpaired) electrons. The van der Waals surface area contributed by atoms with Gasteiger partial charge in [0.2, 0.25) is 5.91 Å². The van der Waals surface area contributed by atoms with Crippen molar-refractivity contribution >= 4 is 11.7 Å². The van der Waals surface area contributed by atoms with Crippen LogP contribution in [0.25, 0.3) is 0 Å². The van der Waals surface area contributed by atoms with Gasteiger partial charge in [-0.2, -0.15) is 5.10 Å². The van der Waals surface area contributed by atoms with Gasteiger partial charge in [0, 0.05) is 17.9 Å². The number of benzene rings is 1. The molecular weight excluding hydrogens is 314 g/mol. The van der Waals surface area contributed by atoms with E-state index in [0.29, 0.717) is 18.9 Å². The Kier molecular flexibility index (Phi) is 3.92. The molecule has 2 aromatic heterocycles. The summed E-state index contributed by atoms with van der Waals surface area (Å²) < 4.78 is 7.19. The van der Waals surface area contributed by atoms with Gasteiger partial charge in [-0.3, -0.25) is 4.79 Å². The molecular formula is C20H21N3O2. The number of nitrogens with zero attached hydrogens (tertiary/aromatic N) is 2. The van der Waals surface area contributed by atoms with E-state index in [2.05, 4.69) is 48.5 Å². The minimum absolute atomic E-state index is 0.0200. The van der Waals surface area contributed by atoms with Crippen molar-refractivity contribution in [2.24, 2.45) is 0 Å². The maximum absolute atomic E-state index is 12.3. The summed E-state index contributed by atoms with van der Waals surface area (Å²) in [6.07, 6.45) is 3.95. The Morgan fingerprint density at radius 1 is 1.28 bits per heavy atom. The molecule has 0 spiro atoms. The maximum atomic E-state index is 12.3. The Bertz CT molecular complexity index is 876. The molecule has 1 aromatic carbocycles. The van der Waals surface area contributed by atoms with Crippen LogP contribution in [-0.4, -0.2) is 15.7 Å². The van der Waals surface area contributed by atoms with E-state index in [4.69, 9.17) is 4.42 Å².